The van der Waals surface area contributed by atoms with Gasteiger partial charge < -0.3 is 14.7 Å². The lowest BCUT2D eigenvalue weighted by molar-refractivity contribution is 0.00729. The molecule has 0 bridgehead atoms. The van der Waals surface area contributed by atoms with E-state index >= 15 is 0 Å². The average molecular weight is 511 g/mol. The first kappa shape index (κ1) is 22.9. The average Bonchev–Trinajstić information content (AvgIpc) is 3.34. The Morgan fingerprint density at radius 2 is 1.88 bits per heavy atom. The summed E-state index contributed by atoms with van der Waals surface area (Å²) in [6.07, 6.45) is 0.569. The number of benzene rings is 2. The topological polar surface area (TPSA) is 45.6 Å². The maximum absolute atomic E-state index is 12.4. The standard InChI is InChI=1S/C26H27BrN2O2S/c1-29(2)14-13-26(30,23-10-7-15-32-23)24(18-8-5-4-6-9-18)21-17-19-16-20(27)11-12-22(19)28-25(21)31-3/h4-12,15-17,24,30H,13-14H2,1-3H3. The Morgan fingerprint density at radius 3 is 2.53 bits per heavy atom. The van der Waals surface area contributed by atoms with Crippen LogP contribution in [0.3, 0.4) is 0 Å². The van der Waals surface area contributed by atoms with E-state index in [9.17, 15) is 5.11 Å². The minimum Gasteiger partial charge on any atom is -0.481 e. The van der Waals surface area contributed by atoms with E-state index < -0.39 is 5.60 Å². The first-order valence-corrected chi connectivity index (χ1v) is 12.2. The van der Waals surface area contributed by atoms with Gasteiger partial charge in [-0.2, -0.15) is 0 Å². The Morgan fingerprint density at radius 1 is 1.09 bits per heavy atom. The predicted molar refractivity (Wildman–Crippen MR) is 136 cm³/mol. The van der Waals surface area contributed by atoms with Gasteiger partial charge in [0, 0.05) is 32.8 Å². The van der Waals surface area contributed by atoms with Gasteiger partial charge in [-0.3, -0.25) is 0 Å². The van der Waals surface area contributed by atoms with Crippen molar-refractivity contribution in [3.63, 3.8) is 0 Å². The molecule has 0 saturated heterocycles. The molecule has 0 saturated carbocycles. The summed E-state index contributed by atoms with van der Waals surface area (Å²) in [5, 5.41) is 15.4. The fraction of sp³-hybridized carbons (Fsp3) is 0.269. The van der Waals surface area contributed by atoms with Crippen LogP contribution in [0.4, 0.5) is 0 Å². The molecule has 0 spiro atoms. The van der Waals surface area contributed by atoms with Crippen molar-refractivity contribution >= 4 is 38.2 Å². The predicted octanol–water partition coefficient (Wildman–Crippen LogP) is 6.04. The molecule has 32 heavy (non-hydrogen) atoms. The van der Waals surface area contributed by atoms with Gasteiger partial charge >= 0.3 is 0 Å². The zero-order valence-corrected chi connectivity index (χ0v) is 20.9. The van der Waals surface area contributed by atoms with Crippen LogP contribution in [0.5, 0.6) is 5.88 Å². The van der Waals surface area contributed by atoms with Crippen molar-refractivity contribution < 1.29 is 9.84 Å². The van der Waals surface area contributed by atoms with Crippen LogP contribution in [0.15, 0.2) is 76.6 Å². The lowest BCUT2D eigenvalue weighted by atomic mass is 9.74. The summed E-state index contributed by atoms with van der Waals surface area (Å²) < 4.78 is 6.77. The molecule has 0 radical (unpaired) electrons. The maximum atomic E-state index is 12.4. The summed E-state index contributed by atoms with van der Waals surface area (Å²) in [6, 6.07) is 22.3. The van der Waals surface area contributed by atoms with Crippen molar-refractivity contribution in [3.8, 4) is 5.88 Å². The third kappa shape index (κ3) is 4.59. The lowest BCUT2D eigenvalue weighted by Gasteiger charge is -2.37. The smallest absolute Gasteiger partial charge is 0.217 e. The highest BCUT2D eigenvalue weighted by Gasteiger charge is 2.43. The molecule has 1 N–H and O–H groups in total. The molecule has 4 rings (SSSR count). The van der Waals surface area contributed by atoms with E-state index in [1.165, 1.54) is 0 Å². The highest BCUT2D eigenvalue weighted by atomic mass is 79.9. The summed E-state index contributed by atoms with van der Waals surface area (Å²) in [5.41, 5.74) is 1.62. The second-order valence-electron chi connectivity index (χ2n) is 8.22. The van der Waals surface area contributed by atoms with Crippen LogP contribution in [0.1, 0.15) is 28.3 Å². The van der Waals surface area contributed by atoms with Gasteiger partial charge in [-0.25, -0.2) is 4.98 Å². The molecule has 4 nitrogen and oxygen atoms in total. The highest BCUT2D eigenvalue weighted by molar-refractivity contribution is 9.10. The molecule has 0 aliphatic rings. The SMILES string of the molecule is COc1nc2ccc(Br)cc2cc1C(c1ccccc1)C(O)(CCN(C)C)c1cccs1. The summed E-state index contributed by atoms with van der Waals surface area (Å²) in [7, 11) is 5.70. The van der Waals surface area contributed by atoms with E-state index in [1.54, 1.807) is 18.4 Å². The van der Waals surface area contributed by atoms with E-state index in [0.717, 1.165) is 37.9 Å². The van der Waals surface area contributed by atoms with E-state index in [1.807, 2.05) is 61.9 Å². The zero-order valence-electron chi connectivity index (χ0n) is 18.5. The first-order chi connectivity index (χ1) is 15.4. The molecule has 2 heterocycles. The molecule has 2 aromatic carbocycles. The van der Waals surface area contributed by atoms with E-state index in [2.05, 4.69) is 45.1 Å². The molecule has 0 fully saturated rings. The fourth-order valence-corrected chi connectivity index (χ4v) is 5.47. The second-order valence-corrected chi connectivity index (χ2v) is 10.1. The molecule has 0 aliphatic heterocycles. The summed E-state index contributed by atoms with van der Waals surface area (Å²) in [6.45, 7) is 0.743. The monoisotopic (exact) mass is 510 g/mol. The molecule has 6 heteroatoms. The van der Waals surface area contributed by atoms with Crippen LogP contribution in [0.2, 0.25) is 0 Å². The van der Waals surface area contributed by atoms with Crippen LogP contribution in [-0.2, 0) is 5.60 Å². The van der Waals surface area contributed by atoms with Gasteiger partial charge in [-0.15, -0.1) is 11.3 Å². The van der Waals surface area contributed by atoms with Crippen LogP contribution in [0.25, 0.3) is 10.9 Å². The van der Waals surface area contributed by atoms with Crippen molar-refractivity contribution in [3.05, 3.63) is 92.6 Å². The molecule has 2 unspecified atom stereocenters. The molecule has 166 valence electrons. The van der Waals surface area contributed by atoms with Crippen LogP contribution < -0.4 is 4.74 Å². The van der Waals surface area contributed by atoms with E-state index in [4.69, 9.17) is 9.72 Å². The molecule has 4 aromatic rings. The number of hydrogen-bond donors (Lipinski definition) is 1. The van der Waals surface area contributed by atoms with Gasteiger partial charge in [-0.05, 0) is 61.8 Å². The molecular formula is C26H27BrN2O2S. The van der Waals surface area contributed by atoms with Crippen molar-refractivity contribution in [2.45, 2.75) is 17.9 Å². The van der Waals surface area contributed by atoms with Gasteiger partial charge in [0.15, 0.2) is 0 Å². The summed E-state index contributed by atoms with van der Waals surface area (Å²) >= 11 is 5.16. The largest absolute Gasteiger partial charge is 0.481 e. The third-order valence-corrected chi connectivity index (χ3v) is 7.30. The van der Waals surface area contributed by atoms with Crippen LogP contribution in [0, 0.1) is 0 Å². The quantitative estimate of drug-likeness (QED) is 0.313. The molecule has 2 aromatic heterocycles. The number of fused-ring (bicyclic) bond motifs is 1. The number of pyridine rings is 1. The number of ether oxygens (including phenoxy) is 1. The van der Waals surface area contributed by atoms with Gasteiger partial charge in [0.05, 0.1) is 12.6 Å². The van der Waals surface area contributed by atoms with Crippen LogP contribution >= 0.6 is 27.3 Å². The fourth-order valence-electron chi connectivity index (χ4n) is 4.20. The number of methoxy groups -OCH3 is 1. The Kier molecular flexibility index (Phi) is 6.96. The number of thiophene rings is 1. The van der Waals surface area contributed by atoms with Gasteiger partial charge in [0.2, 0.25) is 5.88 Å². The zero-order chi connectivity index (χ0) is 22.7. The number of hydrogen-bond acceptors (Lipinski definition) is 5. The normalized spacial score (nSPS) is 14.4. The van der Waals surface area contributed by atoms with Crippen LogP contribution in [-0.4, -0.2) is 42.7 Å². The number of aromatic nitrogens is 1. The Labute approximate surface area is 201 Å². The minimum atomic E-state index is -1.13. The number of aliphatic hydroxyl groups is 1. The van der Waals surface area contributed by atoms with E-state index in [-0.39, 0.29) is 5.92 Å². The van der Waals surface area contributed by atoms with Gasteiger partial charge in [0.25, 0.3) is 0 Å². The summed E-state index contributed by atoms with van der Waals surface area (Å²) in [4.78, 5) is 7.85. The molecule has 0 aliphatic carbocycles. The van der Waals surface area contributed by atoms with Gasteiger partial charge in [-0.1, -0.05) is 52.3 Å². The highest BCUT2D eigenvalue weighted by Crippen LogP contribution is 2.48. The van der Waals surface area contributed by atoms with Crippen molar-refractivity contribution in [1.82, 2.24) is 9.88 Å². The molecule has 0 amide bonds. The number of nitrogens with zero attached hydrogens (tertiary/aromatic N) is 2. The molecular weight excluding hydrogens is 484 g/mol. The van der Waals surface area contributed by atoms with Crippen molar-refractivity contribution in [2.24, 2.45) is 0 Å². The maximum Gasteiger partial charge on any atom is 0.217 e. The second kappa shape index (κ2) is 9.71. The Balaban J connectivity index is 1.99. The minimum absolute atomic E-state index is 0.354. The lowest BCUT2D eigenvalue weighted by Crippen LogP contribution is -2.37. The van der Waals surface area contributed by atoms with Crippen molar-refractivity contribution in [2.75, 3.05) is 27.7 Å². The first-order valence-electron chi connectivity index (χ1n) is 10.5. The van der Waals surface area contributed by atoms with E-state index in [0.29, 0.717) is 12.3 Å². The van der Waals surface area contributed by atoms with Crippen molar-refractivity contribution in [1.29, 1.82) is 0 Å². The Bertz CT molecular complexity index is 1180. The molecule has 2 atom stereocenters. The Hall–Kier alpha value is -2.25. The summed E-state index contributed by atoms with van der Waals surface area (Å²) in [5.74, 6) is 0.182. The number of halogens is 1. The third-order valence-electron chi connectivity index (χ3n) is 5.77. The van der Waals surface area contributed by atoms with Gasteiger partial charge in [0.1, 0.15) is 5.60 Å². The number of rotatable bonds is 8.